The van der Waals surface area contributed by atoms with Gasteiger partial charge in [-0.1, -0.05) is 12.1 Å². The zero-order chi connectivity index (χ0) is 23.6. The van der Waals surface area contributed by atoms with Crippen molar-refractivity contribution in [1.29, 1.82) is 0 Å². The summed E-state index contributed by atoms with van der Waals surface area (Å²) in [6.45, 7) is 2.18. The summed E-state index contributed by atoms with van der Waals surface area (Å²) in [5.41, 5.74) is 8.32. The van der Waals surface area contributed by atoms with E-state index >= 15 is 0 Å². The number of imidazole rings is 2. The minimum Gasteiger partial charge on any atom is -0.341 e. The molecule has 0 spiro atoms. The van der Waals surface area contributed by atoms with E-state index in [0.29, 0.717) is 23.9 Å². The van der Waals surface area contributed by atoms with Gasteiger partial charge in [-0.25, -0.2) is 9.97 Å². The Hall–Kier alpha value is -2.74. The van der Waals surface area contributed by atoms with Crippen molar-refractivity contribution in [2.75, 3.05) is 13.1 Å². The molecule has 184 valence electrons. The number of H-pyrrole nitrogens is 2. The maximum Gasteiger partial charge on any atom is 0.123 e. The van der Waals surface area contributed by atoms with Crippen LogP contribution in [0.4, 0.5) is 0 Å². The van der Waals surface area contributed by atoms with Crippen LogP contribution in [0, 0.1) is 0 Å². The van der Waals surface area contributed by atoms with Crippen molar-refractivity contribution in [2.24, 2.45) is 0 Å². The van der Waals surface area contributed by atoms with Crippen LogP contribution in [-0.4, -0.2) is 33.0 Å². The predicted molar refractivity (Wildman–Crippen MR) is 144 cm³/mol. The molecule has 1 saturated carbocycles. The molecule has 4 aliphatic rings. The van der Waals surface area contributed by atoms with Crippen molar-refractivity contribution < 1.29 is 0 Å². The first-order valence-electron chi connectivity index (χ1n) is 13.7. The maximum atomic E-state index is 4.78. The molecule has 8 rings (SSSR count). The van der Waals surface area contributed by atoms with Crippen molar-refractivity contribution in [1.82, 2.24) is 30.6 Å². The summed E-state index contributed by atoms with van der Waals surface area (Å²) in [4.78, 5) is 19.4. The van der Waals surface area contributed by atoms with E-state index in [4.69, 9.17) is 9.97 Å². The van der Waals surface area contributed by atoms with Gasteiger partial charge in [0.1, 0.15) is 11.6 Å². The second-order valence-corrected chi connectivity index (χ2v) is 12.1. The fourth-order valence-corrected chi connectivity index (χ4v) is 8.24. The zero-order valence-electron chi connectivity index (χ0n) is 20.4. The van der Waals surface area contributed by atoms with Crippen LogP contribution < -0.4 is 10.6 Å². The van der Waals surface area contributed by atoms with Crippen LogP contribution in [-0.2, 0) is 0 Å². The summed E-state index contributed by atoms with van der Waals surface area (Å²) in [5, 5.41) is 7.13. The molecule has 2 unspecified atom stereocenters. The highest BCUT2D eigenvalue weighted by molar-refractivity contribution is 7.18. The lowest BCUT2D eigenvalue weighted by Crippen LogP contribution is -2.14. The van der Waals surface area contributed by atoms with Gasteiger partial charge in [-0.15, -0.1) is 11.3 Å². The number of nitrogens with zero attached hydrogens (tertiary/aromatic N) is 2. The molecule has 4 atom stereocenters. The van der Waals surface area contributed by atoms with Crippen molar-refractivity contribution in [3.63, 3.8) is 0 Å². The Bertz CT molecular complexity index is 1420. The van der Waals surface area contributed by atoms with Crippen molar-refractivity contribution in [2.45, 2.75) is 68.9 Å². The van der Waals surface area contributed by atoms with Crippen molar-refractivity contribution >= 4 is 11.3 Å². The SMILES string of the molecule is c1nc([C@@H]2CCCN2)[nH]c1-c1ccc(-c2ccc(-c3cnc([C@@H]4CCCN4)[nH]3)c3c2C2CCC3C2)s1. The van der Waals surface area contributed by atoms with E-state index in [9.17, 15) is 0 Å². The van der Waals surface area contributed by atoms with Crippen LogP contribution >= 0.6 is 11.3 Å². The molecule has 2 saturated heterocycles. The van der Waals surface area contributed by atoms with Gasteiger partial charge in [0.25, 0.3) is 0 Å². The normalized spacial score (nSPS) is 26.8. The third-order valence-electron chi connectivity index (χ3n) is 8.94. The van der Waals surface area contributed by atoms with Gasteiger partial charge in [0.2, 0.25) is 0 Å². The van der Waals surface area contributed by atoms with Crippen LogP contribution in [0.15, 0.2) is 36.7 Å². The number of thiophene rings is 1. The molecule has 2 bridgehead atoms. The van der Waals surface area contributed by atoms with Crippen LogP contribution in [0.3, 0.4) is 0 Å². The maximum absolute atomic E-state index is 4.78. The van der Waals surface area contributed by atoms with Crippen LogP contribution in [0.25, 0.3) is 32.3 Å². The lowest BCUT2D eigenvalue weighted by molar-refractivity contribution is 0.613. The first-order valence-corrected chi connectivity index (χ1v) is 14.5. The first kappa shape index (κ1) is 21.4. The molecule has 4 aromatic rings. The lowest BCUT2D eigenvalue weighted by atomic mass is 9.84. The number of rotatable bonds is 5. The van der Waals surface area contributed by atoms with Crippen LogP contribution in [0.1, 0.15) is 91.6 Å². The highest BCUT2D eigenvalue weighted by Gasteiger charge is 2.40. The Balaban J connectivity index is 1.15. The zero-order valence-corrected chi connectivity index (χ0v) is 21.3. The summed E-state index contributed by atoms with van der Waals surface area (Å²) in [6, 6.07) is 10.1. The van der Waals surface area contributed by atoms with E-state index in [-0.39, 0.29) is 0 Å². The highest BCUT2D eigenvalue weighted by atomic mass is 32.1. The monoisotopic (exact) mass is 496 g/mol. The molecular formula is C29H32N6S. The average Bonchev–Trinajstić information content (AvgIpc) is 3.77. The molecule has 3 aromatic heterocycles. The van der Waals surface area contributed by atoms with Gasteiger partial charge in [0.05, 0.1) is 40.7 Å². The molecule has 5 heterocycles. The molecular weight excluding hydrogens is 464 g/mol. The van der Waals surface area contributed by atoms with Crippen LogP contribution in [0.2, 0.25) is 0 Å². The first-order chi connectivity index (χ1) is 17.8. The number of nitrogens with one attached hydrogen (secondary N) is 4. The molecule has 3 fully saturated rings. The third-order valence-corrected chi connectivity index (χ3v) is 10.1. The van der Waals surface area contributed by atoms with E-state index in [1.54, 1.807) is 11.1 Å². The van der Waals surface area contributed by atoms with E-state index in [2.05, 4.69) is 51.1 Å². The van der Waals surface area contributed by atoms with Crippen LogP contribution in [0.5, 0.6) is 0 Å². The molecule has 4 N–H and O–H groups in total. The van der Waals surface area contributed by atoms with Gasteiger partial charge >= 0.3 is 0 Å². The Morgan fingerprint density at radius 2 is 1.28 bits per heavy atom. The lowest BCUT2D eigenvalue weighted by Gasteiger charge is -2.21. The number of benzene rings is 1. The molecule has 7 heteroatoms. The smallest absolute Gasteiger partial charge is 0.123 e. The van der Waals surface area contributed by atoms with E-state index in [1.807, 2.05) is 17.5 Å². The molecule has 36 heavy (non-hydrogen) atoms. The molecule has 1 aromatic carbocycles. The van der Waals surface area contributed by atoms with E-state index in [1.165, 1.54) is 71.5 Å². The molecule has 0 amide bonds. The Kier molecular flexibility index (Phi) is 4.98. The third kappa shape index (κ3) is 3.36. The molecule has 6 nitrogen and oxygen atoms in total. The van der Waals surface area contributed by atoms with Crippen molar-refractivity contribution in [3.05, 3.63) is 59.4 Å². The number of aromatic nitrogens is 4. The minimum absolute atomic E-state index is 0.372. The Morgan fingerprint density at radius 1 is 0.667 bits per heavy atom. The fourth-order valence-electron chi connectivity index (χ4n) is 7.22. The van der Waals surface area contributed by atoms with Gasteiger partial charge < -0.3 is 20.6 Å². The molecule has 2 aliphatic heterocycles. The summed E-state index contributed by atoms with van der Waals surface area (Å²) < 4.78 is 0. The highest BCUT2D eigenvalue weighted by Crippen LogP contribution is 2.58. The number of aromatic amines is 2. The summed E-state index contributed by atoms with van der Waals surface area (Å²) in [6.07, 6.45) is 12.8. The second-order valence-electron chi connectivity index (χ2n) is 11.0. The fraction of sp³-hybridized carbons (Fsp3) is 0.448. The number of hydrogen-bond donors (Lipinski definition) is 4. The van der Waals surface area contributed by atoms with Gasteiger partial charge in [0.15, 0.2) is 0 Å². The molecule has 0 radical (unpaired) electrons. The quantitative estimate of drug-likeness (QED) is 0.257. The topological polar surface area (TPSA) is 81.4 Å². The summed E-state index contributed by atoms with van der Waals surface area (Å²) in [5.74, 6) is 3.55. The van der Waals surface area contributed by atoms with Gasteiger partial charge in [0, 0.05) is 10.4 Å². The summed E-state index contributed by atoms with van der Waals surface area (Å²) in [7, 11) is 0. The number of fused-ring (bicyclic) bond motifs is 5. The standard InChI is InChI=1S/C29H32N6S/c1-3-20(30-11-1)28-32-14-22(34-28)18-7-8-19(27-17-6-5-16(13-17)26(18)27)24-9-10-25(36-24)23-15-33-29(35-23)21-4-2-12-31-21/h7-10,14-17,20-21,30-31H,1-6,11-13H2,(H,32,34)(H,33,35)/t16?,17?,20-,21-/m0/s1. The van der Waals surface area contributed by atoms with Gasteiger partial charge in [-0.3, -0.25) is 0 Å². The molecule has 2 aliphatic carbocycles. The van der Waals surface area contributed by atoms with E-state index in [0.717, 1.165) is 30.4 Å². The Morgan fingerprint density at radius 3 is 1.97 bits per heavy atom. The number of hydrogen-bond acceptors (Lipinski definition) is 5. The summed E-state index contributed by atoms with van der Waals surface area (Å²) >= 11 is 1.89. The van der Waals surface area contributed by atoms with E-state index < -0.39 is 0 Å². The van der Waals surface area contributed by atoms with Gasteiger partial charge in [-0.2, -0.15) is 0 Å². The Labute approximate surface area is 215 Å². The van der Waals surface area contributed by atoms with Gasteiger partial charge in [-0.05, 0) is 98.7 Å². The average molecular weight is 497 g/mol. The minimum atomic E-state index is 0.372. The van der Waals surface area contributed by atoms with Crippen molar-refractivity contribution in [3.8, 4) is 32.3 Å². The largest absolute Gasteiger partial charge is 0.341 e. The second kappa shape index (κ2) is 8.40. The predicted octanol–water partition coefficient (Wildman–Crippen LogP) is 6.41.